The molecule has 0 spiro atoms. The van der Waals surface area contributed by atoms with E-state index in [1.165, 1.54) is 0 Å². The van der Waals surface area contributed by atoms with Crippen molar-refractivity contribution in [3.05, 3.63) is 0 Å². The second kappa shape index (κ2) is 6.06. The van der Waals surface area contributed by atoms with Gasteiger partial charge >= 0.3 is 6.09 Å². The third-order valence-electron chi connectivity index (χ3n) is 2.96. The highest BCUT2D eigenvalue weighted by atomic mass is 16.6. The van der Waals surface area contributed by atoms with Crippen LogP contribution in [0.25, 0.3) is 0 Å². The number of carbonyl (C=O) groups is 1. The van der Waals surface area contributed by atoms with Gasteiger partial charge in [0.2, 0.25) is 0 Å². The van der Waals surface area contributed by atoms with Gasteiger partial charge < -0.3 is 20.7 Å². The number of rotatable bonds is 6. The zero-order valence-corrected chi connectivity index (χ0v) is 10.4. The van der Waals surface area contributed by atoms with Crippen LogP contribution in [0.4, 0.5) is 4.79 Å². The van der Waals surface area contributed by atoms with Crippen LogP contribution in [0.15, 0.2) is 0 Å². The zero-order chi connectivity index (χ0) is 12.1. The number of hydrogen-bond donors (Lipinski definition) is 2. The van der Waals surface area contributed by atoms with E-state index in [1.54, 1.807) is 0 Å². The summed E-state index contributed by atoms with van der Waals surface area (Å²) in [4.78, 5) is 13.0. The van der Waals surface area contributed by atoms with Gasteiger partial charge in [0.1, 0.15) is 6.10 Å². The molecule has 2 atom stereocenters. The van der Waals surface area contributed by atoms with E-state index in [1.807, 2.05) is 7.05 Å². The molecule has 0 radical (unpaired) electrons. The first-order chi connectivity index (χ1) is 7.49. The molecule has 0 saturated carbocycles. The summed E-state index contributed by atoms with van der Waals surface area (Å²) in [6.07, 6.45) is 0.646. The van der Waals surface area contributed by atoms with Gasteiger partial charge in [0.15, 0.2) is 0 Å². The van der Waals surface area contributed by atoms with E-state index in [9.17, 15) is 4.79 Å². The third kappa shape index (κ3) is 4.37. The molecule has 1 amide bonds. The second-order valence-electron chi connectivity index (χ2n) is 4.87. The van der Waals surface area contributed by atoms with Crippen LogP contribution >= 0.6 is 0 Å². The fraction of sp³-hybridized carbons (Fsp3) is 0.909. The van der Waals surface area contributed by atoms with Crippen LogP contribution in [0.5, 0.6) is 0 Å². The topological polar surface area (TPSA) is 67.6 Å². The minimum absolute atomic E-state index is 0.0206. The van der Waals surface area contributed by atoms with E-state index in [0.717, 1.165) is 19.5 Å². The van der Waals surface area contributed by atoms with Crippen molar-refractivity contribution in [2.24, 2.45) is 11.7 Å². The zero-order valence-electron chi connectivity index (χ0n) is 10.4. The van der Waals surface area contributed by atoms with Crippen LogP contribution in [0.3, 0.4) is 0 Å². The summed E-state index contributed by atoms with van der Waals surface area (Å²) in [5.41, 5.74) is 5.97. The lowest BCUT2D eigenvalue weighted by atomic mass is 10.0. The molecule has 1 heterocycles. The smallest absolute Gasteiger partial charge is 0.407 e. The van der Waals surface area contributed by atoms with E-state index >= 15 is 0 Å². The van der Waals surface area contributed by atoms with Gasteiger partial charge in [0, 0.05) is 12.6 Å². The molecule has 16 heavy (non-hydrogen) atoms. The Balaban J connectivity index is 2.15. The van der Waals surface area contributed by atoms with E-state index in [-0.39, 0.29) is 18.2 Å². The Morgan fingerprint density at radius 1 is 1.62 bits per heavy atom. The molecule has 3 N–H and O–H groups in total. The lowest BCUT2D eigenvalue weighted by Crippen LogP contribution is -2.36. The number of amides is 1. The average molecular weight is 229 g/mol. The quantitative estimate of drug-likeness (QED) is 0.692. The number of hydrogen-bond acceptors (Lipinski definition) is 4. The molecule has 5 heteroatoms. The van der Waals surface area contributed by atoms with Crippen LogP contribution in [-0.4, -0.2) is 49.8 Å². The summed E-state index contributed by atoms with van der Waals surface area (Å²) in [7, 11) is 2.03. The minimum Gasteiger partial charge on any atom is -0.443 e. The van der Waals surface area contributed by atoms with Crippen LogP contribution in [0.2, 0.25) is 0 Å². The summed E-state index contributed by atoms with van der Waals surface area (Å²) in [5, 5.41) is 2.65. The minimum atomic E-state index is -0.308. The summed E-state index contributed by atoms with van der Waals surface area (Å²) >= 11 is 0. The highest BCUT2D eigenvalue weighted by Gasteiger charge is 2.23. The second-order valence-corrected chi connectivity index (χ2v) is 4.87. The van der Waals surface area contributed by atoms with E-state index in [0.29, 0.717) is 12.5 Å². The molecule has 5 nitrogen and oxygen atoms in total. The molecule has 0 bridgehead atoms. The third-order valence-corrected chi connectivity index (χ3v) is 2.96. The number of nitrogens with two attached hydrogens (primary N) is 1. The summed E-state index contributed by atoms with van der Waals surface area (Å²) in [6.45, 7) is 6.58. The first kappa shape index (κ1) is 13.3. The molecule has 0 aliphatic carbocycles. The molecule has 1 saturated heterocycles. The van der Waals surface area contributed by atoms with Crippen molar-refractivity contribution in [3.63, 3.8) is 0 Å². The maximum Gasteiger partial charge on any atom is 0.407 e. The van der Waals surface area contributed by atoms with Gasteiger partial charge in [-0.05, 0) is 25.9 Å². The van der Waals surface area contributed by atoms with Gasteiger partial charge in [-0.2, -0.15) is 0 Å². The molecule has 1 fully saturated rings. The van der Waals surface area contributed by atoms with E-state index in [4.69, 9.17) is 10.5 Å². The maximum absolute atomic E-state index is 10.8. The Morgan fingerprint density at radius 3 is 2.81 bits per heavy atom. The standard InChI is InChI=1S/C11H23N3O2/c1-8(2)10(12)4-5-14(3)7-9-6-13-11(15)16-9/h8-10H,4-7,12H2,1-3H3,(H,13,15). The van der Waals surface area contributed by atoms with Crippen LogP contribution in [0, 0.1) is 5.92 Å². The fourth-order valence-electron chi connectivity index (χ4n) is 1.68. The molecule has 1 rings (SSSR count). The monoisotopic (exact) mass is 229 g/mol. The van der Waals surface area contributed by atoms with Gasteiger partial charge in [0.05, 0.1) is 6.54 Å². The Kier molecular flexibility index (Phi) is 5.02. The van der Waals surface area contributed by atoms with Crippen molar-refractivity contribution in [2.45, 2.75) is 32.4 Å². The van der Waals surface area contributed by atoms with Gasteiger partial charge in [-0.25, -0.2) is 4.79 Å². The molecular weight excluding hydrogens is 206 g/mol. The molecule has 1 aliphatic rings. The van der Waals surface area contributed by atoms with Crippen molar-refractivity contribution in [1.82, 2.24) is 10.2 Å². The van der Waals surface area contributed by atoms with Gasteiger partial charge in [-0.1, -0.05) is 13.8 Å². The number of cyclic esters (lactones) is 1. The molecule has 2 unspecified atom stereocenters. The molecule has 0 aromatic heterocycles. The van der Waals surface area contributed by atoms with E-state index < -0.39 is 0 Å². The Morgan fingerprint density at radius 2 is 2.31 bits per heavy atom. The molecule has 0 aromatic carbocycles. The first-order valence-electron chi connectivity index (χ1n) is 5.87. The first-order valence-corrected chi connectivity index (χ1v) is 5.87. The lowest BCUT2D eigenvalue weighted by Gasteiger charge is -2.22. The summed E-state index contributed by atoms with van der Waals surface area (Å²) in [6, 6.07) is 0.242. The average Bonchev–Trinajstić information content (AvgIpc) is 2.60. The van der Waals surface area contributed by atoms with Gasteiger partial charge in [0.25, 0.3) is 0 Å². The van der Waals surface area contributed by atoms with Gasteiger partial charge in [-0.3, -0.25) is 0 Å². The SMILES string of the molecule is CC(C)C(N)CCN(C)CC1CNC(=O)O1. The Labute approximate surface area is 97.3 Å². The number of nitrogens with zero attached hydrogens (tertiary/aromatic N) is 1. The summed E-state index contributed by atoms with van der Waals surface area (Å²) in [5.74, 6) is 0.513. The van der Waals surface area contributed by atoms with Crippen molar-refractivity contribution in [3.8, 4) is 0 Å². The number of ether oxygens (including phenoxy) is 1. The van der Waals surface area contributed by atoms with Crippen molar-refractivity contribution >= 4 is 6.09 Å². The predicted molar refractivity (Wildman–Crippen MR) is 63.2 cm³/mol. The highest BCUT2D eigenvalue weighted by Crippen LogP contribution is 2.06. The normalized spacial score (nSPS) is 22.4. The number of alkyl carbamates (subject to hydrolysis) is 1. The van der Waals surface area contributed by atoms with Crippen molar-refractivity contribution < 1.29 is 9.53 Å². The van der Waals surface area contributed by atoms with Crippen molar-refractivity contribution in [2.75, 3.05) is 26.7 Å². The summed E-state index contributed by atoms with van der Waals surface area (Å²) < 4.78 is 5.06. The maximum atomic E-state index is 10.8. The number of carbonyl (C=O) groups excluding carboxylic acids is 1. The molecule has 0 aromatic rings. The lowest BCUT2D eigenvalue weighted by molar-refractivity contribution is 0.115. The molecular formula is C11H23N3O2. The number of nitrogens with one attached hydrogen (secondary N) is 1. The Hall–Kier alpha value is -0.810. The highest BCUT2D eigenvalue weighted by molar-refractivity contribution is 5.69. The molecule has 1 aliphatic heterocycles. The van der Waals surface area contributed by atoms with Gasteiger partial charge in [-0.15, -0.1) is 0 Å². The van der Waals surface area contributed by atoms with Crippen LogP contribution in [-0.2, 0) is 4.74 Å². The Bertz CT molecular complexity index is 233. The number of likely N-dealkylation sites (N-methyl/N-ethyl adjacent to an activating group) is 1. The van der Waals surface area contributed by atoms with Crippen molar-refractivity contribution in [1.29, 1.82) is 0 Å². The van der Waals surface area contributed by atoms with E-state index in [2.05, 4.69) is 24.1 Å². The molecule has 94 valence electrons. The largest absolute Gasteiger partial charge is 0.443 e. The van der Waals surface area contributed by atoms with Crippen LogP contribution < -0.4 is 11.1 Å². The van der Waals surface area contributed by atoms with Crippen LogP contribution in [0.1, 0.15) is 20.3 Å². The fourth-order valence-corrected chi connectivity index (χ4v) is 1.68. The predicted octanol–water partition coefficient (Wildman–Crippen LogP) is 0.400.